The molecule has 2 aromatic rings. The zero-order valence-electron chi connectivity index (χ0n) is 15.4. The van der Waals surface area contributed by atoms with Crippen molar-refractivity contribution in [2.75, 3.05) is 19.7 Å². The Balaban J connectivity index is 1.41. The molecule has 1 saturated heterocycles. The molecule has 1 aliphatic rings. The van der Waals surface area contributed by atoms with Gasteiger partial charge in [0.15, 0.2) is 18.2 Å². The summed E-state index contributed by atoms with van der Waals surface area (Å²) in [7, 11) is 0. The summed E-state index contributed by atoms with van der Waals surface area (Å²) in [6, 6.07) is 11.5. The van der Waals surface area contributed by atoms with Crippen LogP contribution in [-0.4, -0.2) is 36.5 Å². The molecule has 144 valence electrons. The molecule has 1 aliphatic heterocycles. The molecule has 0 unspecified atom stereocenters. The second kappa shape index (κ2) is 8.95. The molecule has 27 heavy (non-hydrogen) atoms. The van der Waals surface area contributed by atoms with Crippen LogP contribution in [0.5, 0.6) is 5.75 Å². The molecule has 0 aliphatic carbocycles. The van der Waals surface area contributed by atoms with Gasteiger partial charge in [-0.2, -0.15) is 0 Å². The quantitative estimate of drug-likeness (QED) is 0.842. The Morgan fingerprint density at radius 1 is 1.19 bits per heavy atom. The average Bonchev–Trinajstić information content (AvgIpc) is 2.64. The van der Waals surface area contributed by atoms with Crippen molar-refractivity contribution >= 4 is 5.91 Å². The van der Waals surface area contributed by atoms with E-state index in [4.69, 9.17) is 4.74 Å². The number of nitrogens with one attached hydrogen (secondary N) is 1. The normalized spacial score (nSPS) is 15.5. The van der Waals surface area contributed by atoms with E-state index < -0.39 is 11.6 Å². The van der Waals surface area contributed by atoms with Crippen molar-refractivity contribution in [3.05, 3.63) is 65.2 Å². The van der Waals surface area contributed by atoms with Crippen molar-refractivity contribution in [3.8, 4) is 5.75 Å². The number of aryl methyl sites for hydroxylation is 1. The van der Waals surface area contributed by atoms with E-state index in [0.29, 0.717) is 0 Å². The first kappa shape index (κ1) is 19.3. The summed E-state index contributed by atoms with van der Waals surface area (Å²) >= 11 is 0. The molecule has 1 heterocycles. The lowest BCUT2D eigenvalue weighted by atomic mass is 10.0. The van der Waals surface area contributed by atoms with Crippen molar-refractivity contribution < 1.29 is 18.3 Å². The Bertz CT molecular complexity index is 790. The first-order chi connectivity index (χ1) is 13.0. The zero-order valence-corrected chi connectivity index (χ0v) is 15.4. The van der Waals surface area contributed by atoms with E-state index in [2.05, 4.69) is 35.3 Å². The van der Waals surface area contributed by atoms with Crippen LogP contribution in [0.4, 0.5) is 8.78 Å². The van der Waals surface area contributed by atoms with Crippen LogP contribution in [0, 0.1) is 18.6 Å². The molecule has 0 spiro atoms. The van der Waals surface area contributed by atoms with E-state index in [-0.39, 0.29) is 24.3 Å². The third kappa shape index (κ3) is 5.50. The van der Waals surface area contributed by atoms with Crippen LogP contribution in [0.2, 0.25) is 0 Å². The predicted octanol–water partition coefficient (Wildman–Crippen LogP) is 3.43. The first-order valence-corrected chi connectivity index (χ1v) is 9.15. The molecule has 4 nitrogen and oxygen atoms in total. The maximum atomic E-state index is 13.5. The number of carbonyl (C=O) groups excluding carboxylic acids is 1. The molecule has 0 bridgehead atoms. The van der Waals surface area contributed by atoms with Crippen LogP contribution >= 0.6 is 0 Å². The fourth-order valence-electron chi connectivity index (χ4n) is 3.27. The van der Waals surface area contributed by atoms with Gasteiger partial charge in [0, 0.05) is 31.7 Å². The predicted molar refractivity (Wildman–Crippen MR) is 99.5 cm³/mol. The average molecular weight is 374 g/mol. The van der Waals surface area contributed by atoms with Crippen LogP contribution < -0.4 is 10.1 Å². The second-order valence-electron chi connectivity index (χ2n) is 6.91. The smallest absolute Gasteiger partial charge is 0.258 e. The number of hydrogen-bond donors (Lipinski definition) is 1. The van der Waals surface area contributed by atoms with Gasteiger partial charge in [-0.25, -0.2) is 8.78 Å². The van der Waals surface area contributed by atoms with Crippen LogP contribution in [0.3, 0.4) is 0 Å². The summed E-state index contributed by atoms with van der Waals surface area (Å²) in [6.45, 7) is 4.57. The van der Waals surface area contributed by atoms with Gasteiger partial charge in [-0.3, -0.25) is 9.69 Å². The first-order valence-electron chi connectivity index (χ1n) is 9.15. The van der Waals surface area contributed by atoms with Crippen molar-refractivity contribution in [2.45, 2.75) is 32.4 Å². The van der Waals surface area contributed by atoms with Gasteiger partial charge in [0.05, 0.1) is 0 Å². The summed E-state index contributed by atoms with van der Waals surface area (Å²) in [4.78, 5) is 14.4. The summed E-state index contributed by atoms with van der Waals surface area (Å²) in [5.74, 6) is -1.91. The Labute approximate surface area is 158 Å². The molecule has 0 saturated carbocycles. The number of benzene rings is 2. The van der Waals surface area contributed by atoms with Crippen molar-refractivity contribution in [1.29, 1.82) is 0 Å². The van der Waals surface area contributed by atoms with Gasteiger partial charge >= 0.3 is 0 Å². The van der Waals surface area contributed by atoms with E-state index in [9.17, 15) is 13.6 Å². The van der Waals surface area contributed by atoms with Crippen LogP contribution in [0.15, 0.2) is 42.5 Å². The second-order valence-corrected chi connectivity index (χ2v) is 6.91. The minimum absolute atomic E-state index is 0.0901. The highest BCUT2D eigenvalue weighted by atomic mass is 19.1. The van der Waals surface area contributed by atoms with Crippen LogP contribution in [-0.2, 0) is 11.3 Å². The van der Waals surface area contributed by atoms with Gasteiger partial charge in [0.2, 0.25) is 0 Å². The summed E-state index contributed by atoms with van der Waals surface area (Å²) < 4.78 is 31.5. The fourth-order valence-corrected chi connectivity index (χ4v) is 3.27. The van der Waals surface area contributed by atoms with Gasteiger partial charge in [-0.05, 0) is 43.0 Å². The third-order valence-electron chi connectivity index (χ3n) is 4.86. The van der Waals surface area contributed by atoms with Gasteiger partial charge in [-0.15, -0.1) is 0 Å². The number of piperidine rings is 1. The van der Waals surface area contributed by atoms with Crippen LogP contribution in [0.25, 0.3) is 0 Å². The standard InChI is InChI=1S/C21H24F2N2O2/c1-15-4-2-3-5-16(15)13-25-10-8-18(9-11-25)24-21(26)14-27-20-7-6-17(22)12-19(20)23/h2-7,12,18H,8-11,13-14H2,1H3,(H,24,26). The highest BCUT2D eigenvalue weighted by molar-refractivity contribution is 5.77. The molecule has 2 aromatic carbocycles. The molecule has 1 N–H and O–H groups in total. The number of amides is 1. The summed E-state index contributed by atoms with van der Waals surface area (Å²) in [6.07, 6.45) is 1.73. The molecular weight excluding hydrogens is 350 g/mol. The number of ether oxygens (including phenoxy) is 1. The SMILES string of the molecule is Cc1ccccc1CN1CCC(NC(=O)COc2ccc(F)cc2F)CC1. The maximum Gasteiger partial charge on any atom is 0.258 e. The molecule has 0 radical (unpaired) electrons. The van der Waals surface area contributed by atoms with Gasteiger partial charge < -0.3 is 10.1 Å². The molecule has 0 aromatic heterocycles. The number of hydrogen-bond acceptors (Lipinski definition) is 3. The van der Waals surface area contributed by atoms with Gasteiger partial charge in [0.1, 0.15) is 5.82 Å². The summed E-state index contributed by atoms with van der Waals surface area (Å²) in [5.41, 5.74) is 2.62. The van der Waals surface area contributed by atoms with Crippen molar-refractivity contribution in [1.82, 2.24) is 10.2 Å². The number of likely N-dealkylation sites (tertiary alicyclic amines) is 1. The molecular formula is C21H24F2N2O2. The monoisotopic (exact) mass is 374 g/mol. The zero-order chi connectivity index (χ0) is 19.2. The number of halogens is 2. The maximum absolute atomic E-state index is 13.5. The number of carbonyl (C=O) groups is 1. The number of nitrogens with zero attached hydrogens (tertiary/aromatic N) is 1. The van der Waals surface area contributed by atoms with Crippen LogP contribution in [0.1, 0.15) is 24.0 Å². The highest BCUT2D eigenvalue weighted by Crippen LogP contribution is 2.18. The van der Waals surface area contributed by atoms with E-state index in [1.165, 1.54) is 17.2 Å². The Hall–Kier alpha value is -2.47. The third-order valence-corrected chi connectivity index (χ3v) is 4.86. The lowest BCUT2D eigenvalue weighted by Gasteiger charge is -2.32. The Kier molecular flexibility index (Phi) is 6.40. The van der Waals surface area contributed by atoms with E-state index in [0.717, 1.165) is 44.6 Å². The largest absolute Gasteiger partial charge is 0.481 e. The van der Waals surface area contributed by atoms with E-state index >= 15 is 0 Å². The highest BCUT2D eigenvalue weighted by Gasteiger charge is 2.21. The lowest BCUT2D eigenvalue weighted by Crippen LogP contribution is -2.45. The fraction of sp³-hybridized carbons (Fsp3) is 0.381. The number of rotatable bonds is 6. The topological polar surface area (TPSA) is 41.6 Å². The van der Waals surface area contributed by atoms with Gasteiger partial charge in [0.25, 0.3) is 5.91 Å². The van der Waals surface area contributed by atoms with Gasteiger partial charge in [-0.1, -0.05) is 24.3 Å². The van der Waals surface area contributed by atoms with Crippen molar-refractivity contribution in [2.24, 2.45) is 0 Å². The van der Waals surface area contributed by atoms with E-state index in [1.807, 2.05) is 6.07 Å². The van der Waals surface area contributed by atoms with E-state index in [1.54, 1.807) is 0 Å². The minimum atomic E-state index is -0.813. The van der Waals surface area contributed by atoms with Crippen molar-refractivity contribution in [3.63, 3.8) is 0 Å². The Morgan fingerprint density at radius 2 is 1.93 bits per heavy atom. The molecule has 6 heteroatoms. The summed E-state index contributed by atoms with van der Waals surface area (Å²) in [5, 5.41) is 2.93. The molecule has 1 amide bonds. The molecule has 1 fully saturated rings. The minimum Gasteiger partial charge on any atom is -0.481 e. The lowest BCUT2D eigenvalue weighted by molar-refractivity contribution is -0.124. The Morgan fingerprint density at radius 3 is 2.63 bits per heavy atom. The molecule has 3 rings (SSSR count). The molecule has 0 atom stereocenters.